The van der Waals surface area contributed by atoms with Crippen molar-refractivity contribution in [3.63, 3.8) is 0 Å². The highest BCUT2D eigenvalue weighted by Gasteiger charge is 2.37. The first-order chi connectivity index (χ1) is 6.16. The van der Waals surface area contributed by atoms with Gasteiger partial charge in [0.15, 0.2) is 0 Å². The lowest BCUT2D eigenvalue weighted by molar-refractivity contribution is 0.0943. The summed E-state index contributed by atoms with van der Waals surface area (Å²) < 4.78 is 22.4. The van der Waals surface area contributed by atoms with Gasteiger partial charge >= 0.3 is 0 Å². The van der Waals surface area contributed by atoms with Crippen molar-refractivity contribution >= 4 is 10.0 Å². The molecule has 0 bridgehead atoms. The summed E-state index contributed by atoms with van der Waals surface area (Å²) in [7, 11) is -3.85. The smallest absolute Gasteiger partial charge is 0.236 e. The number of nitrogens with two attached hydrogens (primary N) is 2. The number of sulfonamides is 1. The van der Waals surface area contributed by atoms with E-state index in [4.69, 9.17) is 10.9 Å². The average molecular weight is 218 g/mol. The molecule has 2 atom stereocenters. The Balaban J connectivity index is 3.34. The Morgan fingerprint density at radius 3 is 2.43 bits per heavy atom. The quantitative estimate of drug-likeness (QED) is 0.535. The summed E-state index contributed by atoms with van der Waals surface area (Å²) in [5, 5.41) is 14.7. The fraction of sp³-hybridized carbons (Fsp3) is 0.500. The van der Waals surface area contributed by atoms with E-state index in [1.54, 1.807) is 6.92 Å². The topological polar surface area (TPSA) is 106 Å². The van der Waals surface area contributed by atoms with E-state index in [2.05, 4.69) is 0 Å². The highest BCUT2D eigenvalue weighted by atomic mass is 32.2. The third-order valence-corrected chi connectivity index (χ3v) is 3.47. The molecule has 2 unspecified atom stereocenters. The Labute approximate surface area is 83.1 Å². The third-order valence-electron chi connectivity index (χ3n) is 2.28. The molecule has 0 saturated heterocycles. The van der Waals surface area contributed by atoms with Crippen LogP contribution in [0.2, 0.25) is 0 Å². The summed E-state index contributed by atoms with van der Waals surface area (Å²) in [5.41, 5.74) is 4.71. The van der Waals surface area contributed by atoms with Gasteiger partial charge in [0.2, 0.25) is 10.0 Å². The molecular formula is C8H14N2O3S. The van der Waals surface area contributed by atoms with Crippen LogP contribution in [0.4, 0.5) is 0 Å². The lowest BCUT2D eigenvalue weighted by Gasteiger charge is -2.31. The summed E-state index contributed by atoms with van der Waals surface area (Å²) in [6, 6.07) is -1.01. The second kappa shape index (κ2) is 3.16. The van der Waals surface area contributed by atoms with Crippen molar-refractivity contribution in [3.05, 3.63) is 22.6 Å². The number of rotatable bonds is 1. The fourth-order valence-electron chi connectivity index (χ4n) is 1.39. The van der Waals surface area contributed by atoms with Crippen LogP contribution in [0.1, 0.15) is 13.8 Å². The summed E-state index contributed by atoms with van der Waals surface area (Å²) in [4.78, 5) is -0.106. The van der Waals surface area contributed by atoms with Gasteiger partial charge in [0.1, 0.15) is 5.60 Å². The monoisotopic (exact) mass is 218 g/mol. The summed E-state index contributed by atoms with van der Waals surface area (Å²) >= 11 is 0. The van der Waals surface area contributed by atoms with Crippen molar-refractivity contribution in [2.75, 3.05) is 0 Å². The van der Waals surface area contributed by atoms with Crippen LogP contribution in [0.3, 0.4) is 0 Å². The maximum Gasteiger partial charge on any atom is 0.236 e. The maximum atomic E-state index is 11.2. The molecule has 80 valence electrons. The first kappa shape index (κ1) is 11.4. The SMILES string of the molecule is CC1=C(S(N)(=O)=O)C(N)C(C)(O)C=C1. The standard InChI is InChI=1S/C8H14N2O3S/c1-5-3-4-8(2,11)7(9)6(5)14(10,12)13/h3-4,7,11H,9H2,1-2H3,(H2,10,12,13). The van der Waals surface area contributed by atoms with Crippen LogP contribution < -0.4 is 10.9 Å². The van der Waals surface area contributed by atoms with Gasteiger partial charge in [-0.25, -0.2) is 13.6 Å². The predicted molar refractivity (Wildman–Crippen MR) is 53.5 cm³/mol. The largest absolute Gasteiger partial charge is 0.384 e. The van der Waals surface area contributed by atoms with Gasteiger partial charge in [-0.1, -0.05) is 12.2 Å². The van der Waals surface area contributed by atoms with Crippen molar-refractivity contribution in [3.8, 4) is 0 Å². The van der Waals surface area contributed by atoms with Crippen molar-refractivity contribution in [1.82, 2.24) is 0 Å². The first-order valence-corrected chi connectivity index (χ1v) is 5.61. The summed E-state index contributed by atoms with van der Waals surface area (Å²) in [5.74, 6) is 0. The van der Waals surface area contributed by atoms with E-state index in [9.17, 15) is 13.5 Å². The Kier molecular flexibility index (Phi) is 2.57. The molecule has 0 heterocycles. The van der Waals surface area contributed by atoms with Crippen molar-refractivity contribution < 1.29 is 13.5 Å². The molecule has 5 nitrogen and oxygen atoms in total. The molecular weight excluding hydrogens is 204 g/mol. The Morgan fingerprint density at radius 2 is 2.07 bits per heavy atom. The highest BCUT2D eigenvalue weighted by molar-refractivity contribution is 7.93. The molecule has 1 aliphatic carbocycles. The minimum atomic E-state index is -3.85. The molecule has 0 aromatic carbocycles. The predicted octanol–water partition coefficient (Wildman–Crippen LogP) is -0.803. The van der Waals surface area contributed by atoms with E-state index >= 15 is 0 Å². The normalized spacial score (nSPS) is 33.6. The van der Waals surface area contributed by atoms with Gasteiger partial charge < -0.3 is 10.8 Å². The van der Waals surface area contributed by atoms with Crippen LogP contribution in [0, 0.1) is 0 Å². The molecule has 0 aromatic heterocycles. The van der Waals surface area contributed by atoms with Crippen molar-refractivity contribution in [2.24, 2.45) is 10.9 Å². The minimum Gasteiger partial charge on any atom is -0.384 e. The molecule has 6 heteroatoms. The van der Waals surface area contributed by atoms with Crippen LogP contribution in [-0.2, 0) is 10.0 Å². The zero-order chi connectivity index (χ0) is 11.1. The van der Waals surface area contributed by atoms with Gasteiger partial charge in [-0.15, -0.1) is 0 Å². The van der Waals surface area contributed by atoms with Crippen molar-refractivity contribution in [1.29, 1.82) is 0 Å². The molecule has 0 saturated carbocycles. The van der Waals surface area contributed by atoms with Crippen LogP contribution in [0.25, 0.3) is 0 Å². The molecule has 0 amide bonds. The second-order valence-corrected chi connectivity index (χ2v) is 5.16. The van der Waals surface area contributed by atoms with E-state index in [0.29, 0.717) is 5.57 Å². The number of hydrogen-bond donors (Lipinski definition) is 3. The fourth-order valence-corrected chi connectivity index (χ4v) is 2.50. The lowest BCUT2D eigenvalue weighted by Crippen LogP contribution is -2.49. The minimum absolute atomic E-state index is 0.106. The molecule has 5 N–H and O–H groups in total. The Bertz CT molecular complexity index is 406. The molecule has 1 aliphatic rings. The Hall–Kier alpha value is -0.690. The van der Waals surface area contributed by atoms with Gasteiger partial charge in [-0.2, -0.15) is 0 Å². The number of primary sulfonamides is 1. The molecule has 0 aliphatic heterocycles. The Morgan fingerprint density at radius 1 is 1.57 bits per heavy atom. The molecule has 0 radical (unpaired) electrons. The summed E-state index contributed by atoms with van der Waals surface area (Å²) in [6.07, 6.45) is 2.96. The maximum absolute atomic E-state index is 11.2. The van der Waals surface area contributed by atoms with E-state index in [1.807, 2.05) is 0 Å². The average Bonchev–Trinajstić information content (AvgIpc) is 1.96. The van der Waals surface area contributed by atoms with E-state index in [-0.39, 0.29) is 4.91 Å². The van der Waals surface area contributed by atoms with Gasteiger partial charge in [-0.3, -0.25) is 0 Å². The van der Waals surface area contributed by atoms with Crippen LogP contribution in [-0.4, -0.2) is 25.2 Å². The molecule has 0 aromatic rings. The summed E-state index contributed by atoms with van der Waals surface area (Å²) in [6.45, 7) is 3.02. The van der Waals surface area contributed by atoms with E-state index in [0.717, 1.165) is 0 Å². The van der Waals surface area contributed by atoms with E-state index < -0.39 is 21.7 Å². The number of hydrogen-bond acceptors (Lipinski definition) is 4. The molecule has 1 rings (SSSR count). The zero-order valence-electron chi connectivity index (χ0n) is 8.06. The zero-order valence-corrected chi connectivity index (χ0v) is 8.88. The number of aliphatic hydroxyl groups is 1. The third kappa shape index (κ3) is 1.88. The highest BCUT2D eigenvalue weighted by Crippen LogP contribution is 2.27. The molecule has 0 fully saturated rings. The molecule has 0 spiro atoms. The lowest BCUT2D eigenvalue weighted by atomic mass is 9.90. The molecule has 14 heavy (non-hydrogen) atoms. The van der Waals surface area contributed by atoms with Crippen molar-refractivity contribution in [2.45, 2.75) is 25.5 Å². The van der Waals surface area contributed by atoms with Gasteiger partial charge in [0.25, 0.3) is 0 Å². The van der Waals surface area contributed by atoms with Gasteiger partial charge in [-0.05, 0) is 19.4 Å². The second-order valence-electron chi connectivity index (χ2n) is 3.63. The number of allylic oxidation sites excluding steroid dienone is 2. The van der Waals surface area contributed by atoms with Gasteiger partial charge in [0, 0.05) is 0 Å². The first-order valence-electron chi connectivity index (χ1n) is 4.07. The van der Waals surface area contributed by atoms with Crippen LogP contribution in [0.5, 0.6) is 0 Å². The van der Waals surface area contributed by atoms with Gasteiger partial charge in [0.05, 0.1) is 10.9 Å². The van der Waals surface area contributed by atoms with E-state index in [1.165, 1.54) is 19.1 Å². The van der Waals surface area contributed by atoms with Crippen LogP contribution >= 0.6 is 0 Å². The van der Waals surface area contributed by atoms with Crippen LogP contribution in [0.15, 0.2) is 22.6 Å².